The van der Waals surface area contributed by atoms with Crippen molar-refractivity contribution in [2.75, 3.05) is 25.0 Å². The maximum Gasteiger partial charge on any atom is 0.511 e. The van der Waals surface area contributed by atoms with Gasteiger partial charge in [-0.2, -0.15) is 0 Å². The number of benzene rings is 1. The lowest BCUT2D eigenvalue weighted by Gasteiger charge is -2.34. The highest BCUT2D eigenvalue weighted by Gasteiger charge is 2.43. The van der Waals surface area contributed by atoms with Crippen LogP contribution in [0.25, 0.3) is 10.9 Å². The Hall–Kier alpha value is -2.32. The summed E-state index contributed by atoms with van der Waals surface area (Å²) in [5.74, 6) is -0.906. The fourth-order valence-electron chi connectivity index (χ4n) is 4.62. The first-order valence-electron chi connectivity index (χ1n) is 9.29. The molecule has 1 aromatic carbocycles. The highest BCUT2D eigenvalue weighted by molar-refractivity contribution is 6.38. The number of likely N-dealkylation sites (N-methyl/N-ethyl adjacent to an activating group) is 1. The van der Waals surface area contributed by atoms with Crippen molar-refractivity contribution in [2.45, 2.75) is 37.4 Å². The second-order valence-electron chi connectivity index (χ2n) is 7.88. The molecule has 1 N–H and O–H groups in total. The van der Waals surface area contributed by atoms with Gasteiger partial charge in [0.05, 0.1) is 27.8 Å². The van der Waals surface area contributed by atoms with Crippen LogP contribution in [0.4, 0.5) is 14.9 Å². The van der Waals surface area contributed by atoms with Gasteiger partial charge in [-0.3, -0.25) is 9.69 Å². The van der Waals surface area contributed by atoms with E-state index >= 15 is 4.39 Å². The fraction of sp³-hybridized carbons (Fsp3) is 0.474. The van der Waals surface area contributed by atoms with Crippen molar-refractivity contribution >= 4 is 34.3 Å². The molecule has 5 rings (SSSR count). The van der Waals surface area contributed by atoms with Crippen molar-refractivity contribution in [3.8, 4) is 5.75 Å². The molecule has 2 aliphatic heterocycles. The Kier molecular flexibility index (Phi) is 3.86. The van der Waals surface area contributed by atoms with Gasteiger partial charge in [0, 0.05) is 31.2 Å². The molecular formula is C19H19ClFN3O4. The second kappa shape index (κ2) is 6.09. The number of anilines is 1. The Labute approximate surface area is 164 Å². The quantitative estimate of drug-likeness (QED) is 0.788. The standard InChI is InChI=1S/C19H19ClFN3O4/c1-22-6-11-4-10(22)7-23(11)17-13(21)5-12-16(15(17)20)24(9-2-3-9)8-14(18(12)25)28-19(26)27/h5,8-11H,2-4,6-7H2,1H3,(H,26,27). The van der Waals surface area contributed by atoms with Gasteiger partial charge in [-0.1, -0.05) is 11.6 Å². The molecule has 0 spiro atoms. The first-order chi connectivity index (χ1) is 13.3. The highest BCUT2D eigenvalue weighted by Crippen LogP contribution is 2.45. The third kappa shape index (κ3) is 2.58. The van der Waals surface area contributed by atoms with E-state index in [4.69, 9.17) is 16.7 Å². The van der Waals surface area contributed by atoms with Gasteiger partial charge >= 0.3 is 6.16 Å². The molecule has 2 unspecified atom stereocenters. The number of halogens is 2. The monoisotopic (exact) mass is 407 g/mol. The molecule has 1 saturated carbocycles. The SMILES string of the molecule is CN1CC2CC1CN2c1c(F)cc2c(=O)c(OC(=O)O)cn(C3CC3)c2c1Cl. The largest absolute Gasteiger partial charge is 0.511 e. The van der Waals surface area contributed by atoms with Crippen LogP contribution in [0, 0.1) is 5.82 Å². The first kappa shape index (κ1) is 17.8. The summed E-state index contributed by atoms with van der Waals surface area (Å²) in [5.41, 5.74) is 0.0965. The predicted octanol–water partition coefficient (Wildman–Crippen LogP) is 3.08. The predicted molar refractivity (Wildman–Crippen MR) is 102 cm³/mol. The maximum atomic E-state index is 15.1. The number of pyridine rings is 1. The van der Waals surface area contributed by atoms with E-state index in [2.05, 4.69) is 16.7 Å². The van der Waals surface area contributed by atoms with Crippen LogP contribution in [0.1, 0.15) is 25.3 Å². The summed E-state index contributed by atoms with van der Waals surface area (Å²) in [6.45, 7) is 1.54. The van der Waals surface area contributed by atoms with E-state index in [0.29, 0.717) is 23.8 Å². The molecule has 2 saturated heterocycles. The topological polar surface area (TPSA) is 75.0 Å². The molecule has 2 atom stereocenters. The second-order valence-corrected chi connectivity index (χ2v) is 8.26. The van der Waals surface area contributed by atoms with Crippen LogP contribution in [-0.2, 0) is 0 Å². The highest BCUT2D eigenvalue weighted by atomic mass is 35.5. The van der Waals surface area contributed by atoms with Gasteiger partial charge in [0.2, 0.25) is 5.43 Å². The molecule has 28 heavy (non-hydrogen) atoms. The number of hydrogen-bond acceptors (Lipinski definition) is 5. The Balaban J connectivity index is 1.72. The van der Waals surface area contributed by atoms with E-state index in [9.17, 15) is 9.59 Å². The van der Waals surface area contributed by atoms with Crippen molar-refractivity contribution in [1.29, 1.82) is 0 Å². The van der Waals surface area contributed by atoms with Gasteiger partial charge in [0.1, 0.15) is 5.82 Å². The average molecular weight is 408 g/mol. The van der Waals surface area contributed by atoms with Gasteiger partial charge in [-0.15, -0.1) is 0 Å². The summed E-state index contributed by atoms with van der Waals surface area (Å²) in [7, 11) is 2.06. The Morgan fingerprint density at radius 2 is 2.04 bits per heavy atom. The molecule has 7 nitrogen and oxygen atoms in total. The normalized spacial score (nSPS) is 24.3. The van der Waals surface area contributed by atoms with Crippen LogP contribution in [-0.4, -0.2) is 52.9 Å². The van der Waals surface area contributed by atoms with Crippen LogP contribution in [0.2, 0.25) is 5.02 Å². The molecule has 3 heterocycles. The van der Waals surface area contributed by atoms with E-state index < -0.39 is 17.4 Å². The molecule has 0 radical (unpaired) electrons. The molecule has 9 heteroatoms. The van der Waals surface area contributed by atoms with E-state index in [1.165, 1.54) is 12.3 Å². The summed E-state index contributed by atoms with van der Waals surface area (Å²) in [6.07, 6.45) is 2.53. The number of nitrogens with zero attached hydrogens (tertiary/aromatic N) is 3. The zero-order valence-electron chi connectivity index (χ0n) is 15.2. The van der Waals surface area contributed by atoms with Crippen LogP contribution < -0.4 is 15.1 Å². The Morgan fingerprint density at radius 3 is 2.61 bits per heavy atom. The van der Waals surface area contributed by atoms with Crippen molar-refractivity contribution in [3.63, 3.8) is 0 Å². The number of likely N-dealkylation sites (tertiary alicyclic amines) is 1. The maximum absolute atomic E-state index is 15.1. The lowest BCUT2D eigenvalue weighted by Crippen LogP contribution is -2.45. The Morgan fingerprint density at radius 1 is 1.29 bits per heavy atom. The number of rotatable bonds is 3. The molecule has 1 aromatic heterocycles. The molecule has 2 bridgehead atoms. The number of carboxylic acid groups (broad SMARTS) is 1. The minimum atomic E-state index is -1.58. The summed E-state index contributed by atoms with van der Waals surface area (Å²) in [5, 5.41) is 9.15. The summed E-state index contributed by atoms with van der Waals surface area (Å²) in [6, 6.07) is 1.82. The van der Waals surface area contributed by atoms with E-state index in [0.717, 1.165) is 25.8 Å². The zero-order valence-corrected chi connectivity index (χ0v) is 15.9. The Bertz CT molecular complexity index is 1070. The molecule has 0 amide bonds. The lowest BCUT2D eigenvalue weighted by atomic mass is 10.1. The molecule has 1 aliphatic carbocycles. The van der Waals surface area contributed by atoms with Gasteiger partial charge < -0.3 is 19.3 Å². The number of hydrogen-bond donors (Lipinski definition) is 1. The van der Waals surface area contributed by atoms with Crippen molar-refractivity contribution in [2.24, 2.45) is 0 Å². The molecule has 3 aliphatic rings. The van der Waals surface area contributed by atoms with E-state index in [1.807, 2.05) is 4.90 Å². The smallest absolute Gasteiger partial charge is 0.449 e. The first-order valence-corrected chi connectivity index (χ1v) is 9.67. The number of ether oxygens (including phenoxy) is 1. The molecule has 148 valence electrons. The number of piperazine rings is 1. The third-order valence-electron chi connectivity index (χ3n) is 6.09. The average Bonchev–Trinajstić information content (AvgIpc) is 3.30. The van der Waals surface area contributed by atoms with Gasteiger partial charge in [0.25, 0.3) is 0 Å². The number of carbonyl (C=O) groups is 1. The van der Waals surface area contributed by atoms with E-state index in [-0.39, 0.29) is 28.2 Å². The molecule has 2 aromatic rings. The molecular weight excluding hydrogens is 389 g/mol. The van der Waals surface area contributed by atoms with Crippen LogP contribution >= 0.6 is 11.6 Å². The van der Waals surface area contributed by atoms with Crippen molar-refractivity contribution < 1.29 is 19.0 Å². The van der Waals surface area contributed by atoms with Crippen molar-refractivity contribution in [1.82, 2.24) is 9.47 Å². The fourth-order valence-corrected chi connectivity index (χ4v) is 5.02. The van der Waals surface area contributed by atoms with Gasteiger partial charge in [0.15, 0.2) is 5.75 Å². The van der Waals surface area contributed by atoms with Crippen LogP contribution in [0.15, 0.2) is 17.1 Å². The zero-order chi connectivity index (χ0) is 19.7. The number of fused-ring (bicyclic) bond motifs is 3. The van der Waals surface area contributed by atoms with Crippen LogP contribution in [0.5, 0.6) is 5.75 Å². The number of aromatic nitrogens is 1. The van der Waals surface area contributed by atoms with Gasteiger partial charge in [-0.25, -0.2) is 9.18 Å². The van der Waals surface area contributed by atoms with Crippen molar-refractivity contribution in [3.05, 3.63) is 33.3 Å². The molecule has 3 fully saturated rings. The minimum absolute atomic E-state index is 0.0402. The lowest BCUT2D eigenvalue weighted by molar-refractivity contribution is 0.143. The van der Waals surface area contributed by atoms with Crippen LogP contribution in [0.3, 0.4) is 0 Å². The summed E-state index contributed by atoms with van der Waals surface area (Å²) in [4.78, 5) is 27.9. The van der Waals surface area contributed by atoms with E-state index in [1.54, 1.807) is 4.57 Å². The third-order valence-corrected chi connectivity index (χ3v) is 6.45. The van der Waals surface area contributed by atoms with Gasteiger partial charge in [-0.05, 0) is 32.4 Å². The summed E-state index contributed by atoms with van der Waals surface area (Å²) >= 11 is 6.70. The minimum Gasteiger partial charge on any atom is -0.449 e. The summed E-state index contributed by atoms with van der Waals surface area (Å²) < 4.78 is 21.5.